The van der Waals surface area contributed by atoms with E-state index in [0.717, 1.165) is 12.8 Å². The zero-order chi connectivity index (χ0) is 4.83. The third-order valence-electron chi connectivity index (χ3n) is 0.616. The molecular weight excluding hydrogens is 94.0 g/mol. The topological polar surface area (TPSA) is 66.8 Å². The van der Waals surface area contributed by atoms with E-state index in [1.54, 1.807) is 0 Å². The molecule has 46 valence electrons. The maximum absolute atomic E-state index is 4.71. The van der Waals surface area contributed by atoms with Gasteiger partial charge in [-0.2, -0.15) is 0 Å². The summed E-state index contributed by atoms with van der Waals surface area (Å²) in [5.74, 6) is 4.71. The van der Waals surface area contributed by atoms with E-state index in [-0.39, 0.29) is 5.48 Å². The smallest absolute Gasteiger partial charge is 0.0679 e. The fraction of sp³-hybridized carbons (Fsp3) is 1.00. The van der Waals surface area contributed by atoms with Crippen LogP contribution in [-0.2, 0) is 4.84 Å². The van der Waals surface area contributed by atoms with Gasteiger partial charge in [0.25, 0.3) is 0 Å². The van der Waals surface area contributed by atoms with Crippen molar-refractivity contribution in [2.45, 2.75) is 19.8 Å². The van der Waals surface area contributed by atoms with E-state index in [1.807, 2.05) is 0 Å². The summed E-state index contributed by atoms with van der Waals surface area (Å²) in [6.45, 7) is 2.79. The Morgan fingerprint density at radius 1 is 1.57 bits per heavy atom. The molecule has 0 saturated heterocycles. The summed E-state index contributed by atoms with van der Waals surface area (Å²) >= 11 is 0. The second-order valence-electron chi connectivity index (χ2n) is 1.22. The molecule has 0 amide bonds. The minimum atomic E-state index is 0. The lowest BCUT2D eigenvalue weighted by Crippen LogP contribution is -1.99. The van der Waals surface area contributed by atoms with Crippen molar-refractivity contribution in [2.24, 2.45) is 5.90 Å². The number of rotatable bonds is 3. The molecule has 0 radical (unpaired) electrons. The van der Waals surface area contributed by atoms with Gasteiger partial charge in [-0.15, -0.1) is 0 Å². The lowest BCUT2D eigenvalue weighted by molar-refractivity contribution is 0.135. The SMILES string of the molecule is CCCCON.O. The summed E-state index contributed by atoms with van der Waals surface area (Å²) in [7, 11) is 0. The van der Waals surface area contributed by atoms with Gasteiger partial charge < -0.3 is 10.3 Å². The Balaban J connectivity index is 0. The molecule has 0 aliphatic carbocycles. The zero-order valence-electron chi connectivity index (χ0n) is 4.61. The Hall–Kier alpha value is -0.120. The van der Waals surface area contributed by atoms with Crippen LogP contribution in [-0.4, -0.2) is 12.1 Å². The van der Waals surface area contributed by atoms with Crippen LogP contribution in [0.2, 0.25) is 0 Å². The lowest BCUT2D eigenvalue weighted by Gasteiger charge is -1.88. The fourth-order valence-electron chi connectivity index (χ4n) is 0.228. The highest BCUT2D eigenvalue weighted by molar-refractivity contribution is 4.25. The Morgan fingerprint density at radius 2 is 2.14 bits per heavy atom. The molecule has 4 N–H and O–H groups in total. The van der Waals surface area contributed by atoms with Crippen molar-refractivity contribution in [1.29, 1.82) is 0 Å². The molecule has 0 rings (SSSR count). The molecule has 3 nitrogen and oxygen atoms in total. The predicted octanol–water partition coefficient (Wildman–Crippen LogP) is -0.148. The van der Waals surface area contributed by atoms with Crippen molar-refractivity contribution in [2.75, 3.05) is 6.61 Å². The molecule has 7 heavy (non-hydrogen) atoms. The van der Waals surface area contributed by atoms with Gasteiger partial charge in [-0.25, -0.2) is 5.90 Å². The minimum Gasteiger partial charge on any atom is -0.412 e. The zero-order valence-corrected chi connectivity index (χ0v) is 4.61. The predicted molar refractivity (Wildman–Crippen MR) is 28.7 cm³/mol. The van der Waals surface area contributed by atoms with E-state index in [2.05, 4.69) is 11.8 Å². The van der Waals surface area contributed by atoms with Gasteiger partial charge in [-0.1, -0.05) is 13.3 Å². The number of nitrogens with two attached hydrogens (primary N) is 1. The highest BCUT2D eigenvalue weighted by Crippen LogP contribution is 1.82. The molecule has 0 atom stereocenters. The molecule has 3 heteroatoms. The van der Waals surface area contributed by atoms with Crippen LogP contribution in [0.25, 0.3) is 0 Å². The molecule has 0 spiro atoms. The highest BCUT2D eigenvalue weighted by Gasteiger charge is 1.75. The van der Waals surface area contributed by atoms with Gasteiger partial charge in [0.15, 0.2) is 0 Å². The lowest BCUT2D eigenvalue weighted by atomic mass is 10.4. The van der Waals surface area contributed by atoms with Crippen LogP contribution < -0.4 is 5.90 Å². The first-order valence-corrected chi connectivity index (χ1v) is 2.23. The molecular formula is C4H13NO2. The van der Waals surface area contributed by atoms with Crippen molar-refractivity contribution < 1.29 is 10.3 Å². The molecule has 0 aromatic heterocycles. The van der Waals surface area contributed by atoms with Gasteiger partial charge in [0.05, 0.1) is 6.61 Å². The first-order chi connectivity index (χ1) is 2.91. The standard InChI is InChI=1S/C4H11NO.H2O/c1-2-3-4-6-5;/h2-5H2,1H3;1H2. The van der Waals surface area contributed by atoms with Crippen LogP contribution >= 0.6 is 0 Å². The summed E-state index contributed by atoms with van der Waals surface area (Å²) in [5, 5.41) is 0. The third-order valence-corrected chi connectivity index (χ3v) is 0.616. The maximum Gasteiger partial charge on any atom is 0.0679 e. The van der Waals surface area contributed by atoms with Crippen LogP contribution in [0.4, 0.5) is 0 Å². The molecule has 0 fully saturated rings. The van der Waals surface area contributed by atoms with Gasteiger partial charge in [0.1, 0.15) is 0 Å². The van der Waals surface area contributed by atoms with Crippen molar-refractivity contribution in [3.05, 3.63) is 0 Å². The summed E-state index contributed by atoms with van der Waals surface area (Å²) in [5.41, 5.74) is 0. The highest BCUT2D eigenvalue weighted by atomic mass is 16.6. The summed E-state index contributed by atoms with van der Waals surface area (Å²) in [6.07, 6.45) is 2.22. The number of unbranched alkanes of at least 4 members (excludes halogenated alkanes) is 1. The average Bonchev–Trinajstić information content (AvgIpc) is 1.61. The maximum atomic E-state index is 4.71. The van der Waals surface area contributed by atoms with E-state index < -0.39 is 0 Å². The second-order valence-corrected chi connectivity index (χ2v) is 1.22. The Morgan fingerprint density at radius 3 is 2.29 bits per heavy atom. The van der Waals surface area contributed by atoms with Gasteiger partial charge in [-0.05, 0) is 6.42 Å². The fourth-order valence-corrected chi connectivity index (χ4v) is 0.228. The van der Waals surface area contributed by atoms with Gasteiger partial charge in [0, 0.05) is 0 Å². The monoisotopic (exact) mass is 107 g/mol. The van der Waals surface area contributed by atoms with Crippen LogP contribution in [0.3, 0.4) is 0 Å². The van der Waals surface area contributed by atoms with Gasteiger partial charge in [0.2, 0.25) is 0 Å². The molecule has 0 unspecified atom stereocenters. The van der Waals surface area contributed by atoms with Crippen molar-refractivity contribution in [3.63, 3.8) is 0 Å². The van der Waals surface area contributed by atoms with Crippen molar-refractivity contribution >= 4 is 0 Å². The number of hydrogen-bond donors (Lipinski definition) is 1. The second kappa shape index (κ2) is 9.30. The largest absolute Gasteiger partial charge is 0.412 e. The molecule has 0 aliphatic heterocycles. The molecule has 0 saturated carbocycles. The Bertz CT molecular complexity index is 21.7. The van der Waals surface area contributed by atoms with E-state index in [9.17, 15) is 0 Å². The molecule has 0 heterocycles. The first-order valence-electron chi connectivity index (χ1n) is 2.23. The van der Waals surface area contributed by atoms with Crippen molar-refractivity contribution in [3.8, 4) is 0 Å². The molecule has 0 aromatic rings. The van der Waals surface area contributed by atoms with Crippen molar-refractivity contribution in [1.82, 2.24) is 0 Å². The van der Waals surface area contributed by atoms with E-state index in [0.29, 0.717) is 6.61 Å². The van der Waals surface area contributed by atoms with Gasteiger partial charge in [-0.3, -0.25) is 0 Å². The summed E-state index contributed by atoms with van der Waals surface area (Å²) in [6, 6.07) is 0. The average molecular weight is 107 g/mol. The Kier molecular flexibility index (Phi) is 13.3. The minimum absolute atomic E-state index is 0. The van der Waals surface area contributed by atoms with E-state index >= 15 is 0 Å². The summed E-state index contributed by atoms with van der Waals surface area (Å²) in [4.78, 5) is 4.28. The normalized spacial score (nSPS) is 7.71. The first kappa shape index (κ1) is 9.99. The van der Waals surface area contributed by atoms with Gasteiger partial charge >= 0.3 is 0 Å². The molecule has 0 aliphatic rings. The molecule has 0 bridgehead atoms. The van der Waals surface area contributed by atoms with Crippen LogP contribution in [0.5, 0.6) is 0 Å². The van der Waals surface area contributed by atoms with E-state index in [1.165, 1.54) is 0 Å². The molecule has 0 aromatic carbocycles. The number of hydrogen-bond acceptors (Lipinski definition) is 2. The van der Waals surface area contributed by atoms with Crippen LogP contribution in [0, 0.1) is 0 Å². The van der Waals surface area contributed by atoms with Crippen LogP contribution in [0.1, 0.15) is 19.8 Å². The quantitative estimate of drug-likeness (QED) is 0.402. The third kappa shape index (κ3) is 10.7. The van der Waals surface area contributed by atoms with Crippen LogP contribution in [0.15, 0.2) is 0 Å². The Labute approximate surface area is 43.7 Å². The summed E-state index contributed by atoms with van der Waals surface area (Å²) < 4.78 is 0. The van der Waals surface area contributed by atoms with E-state index in [4.69, 9.17) is 5.90 Å².